The van der Waals surface area contributed by atoms with Crippen LogP contribution in [0.25, 0.3) is 0 Å². The summed E-state index contributed by atoms with van der Waals surface area (Å²) < 4.78 is 16.7. The lowest BCUT2D eigenvalue weighted by Crippen LogP contribution is -2.30. The first-order chi connectivity index (χ1) is 26.2. The topological polar surface area (TPSA) is 78.9 Å². The summed E-state index contributed by atoms with van der Waals surface area (Å²) in [6.07, 6.45) is 39.7. The molecule has 0 aromatic rings. The van der Waals surface area contributed by atoms with E-state index in [2.05, 4.69) is 34.6 Å². The molecule has 0 spiro atoms. The van der Waals surface area contributed by atoms with Crippen LogP contribution in [0, 0.1) is 11.8 Å². The highest BCUT2D eigenvalue weighted by atomic mass is 16.6. The maximum absolute atomic E-state index is 12.7. The van der Waals surface area contributed by atoms with E-state index in [4.69, 9.17) is 14.2 Å². The van der Waals surface area contributed by atoms with Gasteiger partial charge in [-0.05, 0) is 31.1 Å². The molecule has 0 heterocycles. The van der Waals surface area contributed by atoms with Crippen molar-refractivity contribution in [2.75, 3.05) is 13.2 Å². The third kappa shape index (κ3) is 41.6. The summed E-state index contributed by atoms with van der Waals surface area (Å²) in [6.45, 7) is 11.2. The third-order valence-electron chi connectivity index (χ3n) is 10.7. The zero-order valence-corrected chi connectivity index (χ0v) is 36.8. The van der Waals surface area contributed by atoms with Crippen molar-refractivity contribution in [2.45, 2.75) is 265 Å². The number of hydrogen-bond acceptors (Lipinski definition) is 6. The summed E-state index contributed by atoms with van der Waals surface area (Å²) in [6, 6.07) is 0. The zero-order chi connectivity index (χ0) is 39.7. The number of carbonyl (C=O) groups is 3. The van der Waals surface area contributed by atoms with E-state index in [9.17, 15) is 14.4 Å². The minimum Gasteiger partial charge on any atom is -0.462 e. The molecule has 0 aliphatic rings. The van der Waals surface area contributed by atoms with Crippen LogP contribution in [0.4, 0.5) is 0 Å². The highest BCUT2D eigenvalue weighted by Gasteiger charge is 2.19. The predicted molar refractivity (Wildman–Crippen MR) is 229 cm³/mol. The van der Waals surface area contributed by atoms with Crippen LogP contribution in [0.1, 0.15) is 259 Å². The Labute approximate surface area is 336 Å². The molecule has 0 radical (unpaired) electrons. The lowest BCUT2D eigenvalue weighted by molar-refractivity contribution is -0.167. The highest BCUT2D eigenvalue weighted by Crippen LogP contribution is 2.17. The number of unbranched alkanes of at least 4 members (excludes halogenated alkanes) is 27. The average Bonchev–Trinajstić information content (AvgIpc) is 3.14. The normalized spacial score (nSPS) is 12.1. The Bertz CT molecular complexity index is 824. The maximum atomic E-state index is 12.7. The molecule has 320 valence electrons. The number of ether oxygens (including phenoxy) is 3. The summed E-state index contributed by atoms with van der Waals surface area (Å²) in [4.78, 5) is 37.7. The fourth-order valence-electron chi connectivity index (χ4n) is 7.11. The second-order valence-corrected chi connectivity index (χ2v) is 17.3. The molecule has 0 saturated heterocycles. The van der Waals surface area contributed by atoms with Gasteiger partial charge in [0.05, 0.1) is 0 Å². The standard InChI is InChI=1S/C48H92O6/c1-6-7-8-9-10-11-12-13-14-15-16-17-18-19-22-30-35-40-48(51)54-45(42-53-47(50)39-34-29-25-24-27-32-37-44(4)5)41-52-46(49)38-33-28-23-20-21-26-31-36-43(2)3/h43-45H,6-42H2,1-5H3/t45-/m0/s1. The molecule has 0 aliphatic heterocycles. The largest absolute Gasteiger partial charge is 0.462 e. The van der Waals surface area contributed by atoms with Crippen LogP contribution in [-0.2, 0) is 28.6 Å². The SMILES string of the molecule is CCCCCCCCCCCCCCCCCCCC(=O)O[C@@H](COC(=O)CCCCCCCCCC(C)C)COC(=O)CCCCCCCCC(C)C. The molecular weight excluding hydrogens is 673 g/mol. The number of rotatable bonds is 42. The van der Waals surface area contributed by atoms with Crippen LogP contribution in [0.3, 0.4) is 0 Å². The van der Waals surface area contributed by atoms with Gasteiger partial charge in [0.15, 0.2) is 6.10 Å². The van der Waals surface area contributed by atoms with E-state index >= 15 is 0 Å². The molecule has 6 nitrogen and oxygen atoms in total. The van der Waals surface area contributed by atoms with Crippen molar-refractivity contribution in [3.05, 3.63) is 0 Å². The first-order valence-corrected chi connectivity index (χ1v) is 23.7. The molecule has 0 fully saturated rings. The van der Waals surface area contributed by atoms with E-state index in [0.717, 1.165) is 69.6 Å². The molecule has 0 unspecified atom stereocenters. The highest BCUT2D eigenvalue weighted by molar-refractivity contribution is 5.71. The Kier molecular flexibility index (Phi) is 39.8. The molecule has 0 aromatic heterocycles. The number of esters is 3. The predicted octanol–water partition coefficient (Wildman–Crippen LogP) is 15.0. The molecule has 1 atom stereocenters. The lowest BCUT2D eigenvalue weighted by Gasteiger charge is -2.18. The van der Waals surface area contributed by atoms with E-state index in [1.165, 1.54) is 148 Å². The molecule has 6 heteroatoms. The minimum absolute atomic E-state index is 0.0663. The van der Waals surface area contributed by atoms with Gasteiger partial charge >= 0.3 is 17.9 Å². The molecule has 0 aliphatic carbocycles. The van der Waals surface area contributed by atoms with E-state index in [-0.39, 0.29) is 31.1 Å². The molecule has 0 N–H and O–H groups in total. The van der Waals surface area contributed by atoms with Crippen LogP contribution in [-0.4, -0.2) is 37.2 Å². The second-order valence-electron chi connectivity index (χ2n) is 17.3. The fraction of sp³-hybridized carbons (Fsp3) is 0.938. The Morgan fingerprint density at radius 2 is 0.611 bits per heavy atom. The second kappa shape index (κ2) is 41.1. The van der Waals surface area contributed by atoms with E-state index in [1.807, 2.05) is 0 Å². The van der Waals surface area contributed by atoms with Crippen LogP contribution in [0.5, 0.6) is 0 Å². The quantitative estimate of drug-likeness (QED) is 0.0350. The van der Waals surface area contributed by atoms with Gasteiger partial charge in [-0.3, -0.25) is 14.4 Å². The van der Waals surface area contributed by atoms with Gasteiger partial charge < -0.3 is 14.2 Å². The number of carbonyl (C=O) groups excluding carboxylic acids is 3. The summed E-state index contributed by atoms with van der Waals surface area (Å²) >= 11 is 0. The molecule has 54 heavy (non-hydrogen) atoms. The van der Waals surface area contributed by atoms with Crippen molar-refractivity contribution in [3.63, 3.8) is 0 Å². The first kappa shape index (κ1) is 52.4. The van der Waals surface area contributed by atoms with Gasteiger partial charge in [0, 0.05) is 19.3 Å². The van der Waals surface area contributed by atoms with Crippen molar-refractivity contribution < 1.29 is 28.6 Å². The van der Waals surface area contributed by atoms with E-state index in [1.54, 1.807) is 0 Å². The molecule has 0 bridgehead atoms. The monoisotopic (exact) mass is 765 g/mol. The van der Waals surface area contributed by atoms with Crippen LogP contribution in [0.15, 0.2) is 0 Å². The number of hydrogen-bond donors (Lipinski definition) is 0. The van der Waals surface area contributed by atoms with Crippen LogP contribution in [0.2, 0.25) is 0 Å². The summed E-state index contributed by atoms with van der Waals surface area (Å²) in [5, 5.41) is 0. The molecular formula is C48H92O6. The molecule has 0 amide bonds. The summed E-state index contributed by atoms with van der Waals surface area (Å²) in [7, 11) is 0. The minimum atomic E-state index is -0.761. The van der Waals surface area contributed by atoms with Gasteiger partial charge in [0.25, 0.3) is 0 Å². The van der Waals surface area contributed by atoms with E-state index in [0.29, 0.717) is 19.3 Å². The molecule has 0 saturated carbocycles. The van der Waals surface area contributed by atoms with Crippen LogP contribution >= 0.6 is 0 Å². The van der Waals surface area contributed by atoms with Gasteiger partial charge in [-0.1, -0.05) is 221 Å². The molecule has 0 aromatic carbocycles. The Balaban J connectivity index is 4.27. The van der Waals surface area contributed by atoms with Gasteiger partial charge in [0.2, 0.25) is 0 Å². The zero-order valence-electron chi connectivity index (χ0n) is 36.8. The Hall–Kier alpha value is -1.59. The van der Waals surface area contributed by atoms with Gasteiger partial charge in [-0.15, -0.1) is 0 Å². The summed E-state index contributed by atoms with van der Waals surface area (Å²) in [5.41, 5.74) is 0. The van der Waals surface area contributed by atoms with Crippen LogP contribution < -0.4 is 0 Å². The Morgan fingerprint density at radius 3 is 0.907 bits per heavy atom. The average molecular weight is 765 g/mol. The van der Waals surface area contributed by atoms with Gasteiger partial charge in [0.1, 0.15) is 13.2 Å². The lowest BCUT2D eigenvalue weighted by atomic mass is 10.0. The maximum Gasteiger partial charge on any atom is 0.306 e. The van der Waals surface area contributed by atoms with E-state index < -0.39 is 6.10 Å². The molecule has 0 rings (SSSR count). The van der Waals surface area contributed by atoms with Gasteiger partial charge in [-0.25, -0.2) is 0 Å². The smallest absolute Gasteiger partial charge is 0.306 e. The third-order valence-corrected chi connectivity index (χ3v) is 10.7. The van der Waals surface area contributed by atoms with Crippen molar-refractivity contribution in [1.82, 2.24) is 0 Å². The first-order valence-electron chi connectivity index (χ1n) is 23.7. The van der Waals surface area contributed by atoms with Gasteiger partial charge in [-0.2, -0.15) is 0 Å². The Morgan fingerprint density at radius 1 is 0.352 bits per heavy atom. The van der Waals surface area contributed by atoms with Crippen molar-refractivity contribution in [1.29, 1.82) is 0 Å². The fourth-order valence-corrected chi connectivity index (χ4v) is 7.11. The van der Waals surface area contributed by atoms with Crippen molar-refractivity contribution >= 4 is 17.9 Å². The van der Waals surface area contributed by atoms with Crippen molar-refractivity contribution in [2.24, 2.45) is 11.8 Å². The van der Waals surface area contributed by atoms with Crippen molar-refractivity contribution in [3.8, 4) is 0 Å². The summed E-state index contributed by atoms with van der Waals surface area (Å²) in [5.74, 6) is 0.683.